The lowest BCUT2D eigenvalue weighted by atomic mass is 10.3. The molecular formula is C16H21ClN2O4. The van der Waals surface area contributed by atoms with Gasteiger partial charge in [0.2, 0.25) is 5.91 Å². The van der Waals surface area contributed by atoms with Crippen molar-refractivity contribution < 1.29 is 19.1 Å². The standard InChI is InChI=1S/C16H21ClN2O4/c1-22-13-4-2-3-5-14(13)23-12-16(21)19-10-8-18(9-11-19)15(20)6-7-17/h2-5H,6-12H2,1H3. The van der Waals surface area contributed by atoms with Crippen LogP contribution < -0.4 is 9.47 Å². The molecular weight excluding hydrogens is 320 g/mol. The predicted molar refractivity (Wildman–Crippen MR) is 87.0 cm³/mol. The van der Waals surface area contributed by atoms with Crippen LogP contribution in [0.3, 0.4) is 0 Å². The molecule has 2 rings (SSSR count). The Hall–Kier alpha value is -1.95. The van der Waals surface area contributed by atoms with Crippen LogP contribution >= 0.6 is 11.6 Å². The molecule has 0 bridgehead atoms. The number of amides is 2. The van der Waals surface area contributed by atoms with Crippen molar-refractivity contribution in [1.29, 1.82) is 0 Å². The molecule has 0 unspecified atom stereocenters. The summed E-state index contributed by atoms with van der Waals surface area (Å²) in [6.07, 6.45) is 0.340. The Labute approximate surface area is 140 Å². The molecule has 7 heteroatoms. The van der Waals surface area contributed by atoms with Gasteiger partial charge in [0.05, 0.1) is 7.11 Å². The summed E-state index contributed by atoms with van der Waals surface area (Å²) in [5.74, 6) is 1.40. The van der Waals surface area contributed by atoms with Crippen molar-refractivity contribution in [1.82, 2.24) is 9.80 Å². The van der Waals surface area contributed by atoms with E-state index in [9.17, 15) is 9.59 Å². The summed E-state index contributed by atoms with van der Waals surface area (Å²) in [6, 6.07) is 7.20. The fourth-order valence-corrected chi connectivity index (χ4v) is 2.57. The minimum atomic E-state index is -0.0969. The third-order valence-corrected chi connectivity index (χ3v) is 3.90. The van der Waals surface area contributed by atoms with Crippen LogP contribution in [0.15, 0.2) is 24.3 Å². The molecule has 6 nitrogen and oxygen atoms in total. The number of methoxy groups -OCH3 is 1. The molecule has 0 saturated carbocycles. The molecule has 0 aromatic heterocycles. The normalized spacial score (nSPS) is 14.5. The maximum Gasteiger partial charge on any atom is 0.260 e. The maximum absolute atomic E-state index is 12.2. The Balaban J connectivity index is 1.80. The number of rotatable bonds is 6. The van der Waals surface area contributed by atoms with Gasteiger partial charge in [0.15, 0.2) is 18.1 Å². The number of carbonyl (C=O) groups is 2. The Bertz CT molecular complexity index is 545. The lowest BCUT2D eigenvalue weighted by Crippen LogP contribution is -2.51. The zero-order chi connectivity index (χ0) is 16.7. The number of carbonyl (C=O) groups excluding carboxylic acids is 2. The highest BCUT2D eigenvalue weighted by Gasteiger charge is 2.24. The number of hydrogen-bond donors (Lipinski definition) is 0. The molecule has 1 saturated heterocycles. The van der Waals surface area contributed by atoms with E-state index in [4.69, 9.17) is 21.1 Å². The highest BCUT2D eigenvalue weighted by atomic mass is 35.5. The van der Waals surface area contributed by atoms with E-state index in [1.165, 1.54) is 0 Å². The highest BCUT2D eigenvalue weighted by Crippen LogP contribution is 2.25. The van der Waals surface area contributed by atoms with Crippen LogP contribution in [0.25, 0.3) is 0 Å². The average molecular weight is 341 g/mol. The molecule has 0 radical (unpaired) electrons. The molecule has 0 spiro atoms. The zero-order valence-electron chi connectivity index (χ0n) is 13.2. The number of para-hydroxylation sites is 2. The second-order valence-electron chi connectivity index (χ2n) is 5.14. The summed E-state index contributed by atoms with van der Waals surface area (Å²) in [6.45, 7) is 2.06. The van der Waals surface area contributed by atoms with Crippen molar-refractivity contribution in [3.63, 3.8) is 0 Å². The molecule has 0 atom stereocenters. The minimum Gasteiger partial charge on any atom is -0.493 e. The van der Waals surface area contributed by atoms with E-state index >= 15 is 0 Å². The molecule has 1 aliphatic rings. The van der Waals surface area contributed by atoms with E-state index in [0.717, 1.165) is 0 Å². The second kappa shape index (κ2) is 8.62. The van der Waals surface area contributed by atoms with Crippen molar-refractivity contribution in [2.75, 3.05) is 45.8 Å². The van der Waals surface area contributed by atoms with Crippen LogP contribution in [0, 0.1) is 0 Å². The third kappa shape index (κ3) is 4.76. The van der Waals surface area contributed by atoms with E-state index in [-0.39, 0.29) is 18.4 Å². The highest BCUT2D eigenvalue weighted by molar-refractivity contribution is 6.18. The van der Waals surface area contributed by atoms with Gasteiger partial charge in [-0.3, -0.25) is 9.59 Å². The minimum absolute atomic E-state index is 0.0392. The Morgan fingerprint density at radius 1 is 1.04 bits per heavy atom. The van der Waals surface area contributed by atoms with Crippen molar-refractivity contribution in [3.05, 3.63) is 24.3 Å². The summed E-state index contributed by atoms with van der Waals surface area (Å²) in [5, 5.41) is 0. The first kappa shape index (κ1) is 17.4. The van der Waals surface area contributed by atoms with Crippen LogP contribution in [-0.4, -0.2) is 67.4 Å². The van der Waals surface area contributed by atoms with Gasteiger partial charge in [-0.2, -0.15) is 0 Å². The first-order chi connectivity index (χ1) is 11.2. The van der Waals surface area contributed by atoms with Crippen LogP contribution in [-0.2, 0) is 9.59 Å². The summed E-state index contributed by atoms with van der Waals surface area (Å²) in [4.78, 5) is 27.4. The molecule has 23 heavy (non-hydrogen) atoms. The summed E-state index contributed by atoms with van der Waals surface area (Å²) < 4.78 is 10.7. The molecule has 2 amide bonds. The average Bonchev–Trinajstić information content (AvgIpc) is 2.60. The van der Waals surface area contributed by atoms with Gasteiger partial charge in [-0.1, -0.05) is 12.1 Å². The van der Waals surface area contributed by atoms with Gasteiger partial charge < -0.3 is 19.3 Å². The molecule has 1 aromatic carbocycles. The van der Waals surface area contributed by atoms with Gasteiger partial charge >= 0.3 is 0 Å². The topological polar surface area (TPSA) is 59.1 Å². The lowest BCUT2D eigenvalue weighted by Gasteiger charge is -2.34. The number of benzene rings is 1. The van der Waals surface area contributed by atoms with Gasteiger partial charge in [-0.15, -0.1) is 11.6 Å². The van der Waals surface area contributed by atoms with Gasteiger partial charge in [-0.25, -0.2) is 0 Å². The molecule has 1 fully saturated rings. The number of hydrogen-bond acceptors (Lipinski definition) is 4. The van der Waals surface area contributed by atoms with E-state index in [1.54, 1.807) is 29.0 Å². The first-order valence-corrected chi connectivity index (χ1v) is 8.06. The monoisotopic (exact) mass is 340 g/mol. The smallest absolute Gasteiger partial charge is 0.260 e. The van der Waals surface area contributed by atoms with Crippen LogP contribution in [0.5, 0.6) is 11.5 Å². The molecule has 0 N–H and O–H groups in total. The van der Waals surface area contributed by atoms with Crippen LogP contribution in [0.4, 0.5) is 0 Å². The van der Waals surface area contributed by atoms with Gasteiger partial charge in [0.25, 0.3) is 5.91 Å². The molecule has 0 aliphatic carbocycles. The van der Waals surface area contributed by atoms with E-state index < -0.39 is 0 Å². The maximum atomic E-state index is 12.2. The largest absolute Gasteiger partial charge is 0.493 e. The number of piperazine rings is 1. The van der Waals surface area contributed by atoms with Crippen molar-refractivity contribution in [2.24, 2.45) is 0 Å². The van der Waals surface area contributed by atoms with Crippen LogP contribution in [0.2, 0.25) is 0 Å². The number of ether oxygens (including phenoxy) is 2. The number of nitrogens with zero attached hydrogens (tertiary/aromatic N) is 2. The van der Waals surface area contributed by atoms with Crippen molar-refractivity contribution in [2.45, 2.75) is 6.42 Å². The Morgan fingerprint density at radius 2 is 1.61 bits per heavy atom. The third-order valence-electron chi connectivity index (χ3n) is 3.71. The fraction of sp³-hybridized carbons (Fsp3) is 0.500. The molecule has 126 valence electrons. The van der Waals surface area contributed by atoms with E-state index in [2.05, 4.69) is 0 Å². The molecule has 1 aliphatic heterocycles. The molecule has 1 heterocycles. The second-order valence-corrected chi connectivity index (χ2v) is 5.52. The lowest BCUT2D eigenvalue weighted by molar-refractivity contribution is -0.140. The number of alkyl halides is 1. The first-order valence-electron chi connectivity index (χ1n) is 7.53. The summed E-state index contributed by atoms with van der Waals surface area (Å²) >= 11 is 5.58. The SMILES string of the molecule is COc1ccccc1OCC(=O)N1CCN(C(=O)CCCl)CC1. The Kier molecular flexibility index (Phi) is 6.52. The summed E-state index contributed by atoms with van der Waals surface area (Å²) in [7, 11) is 1.56. The van der Waals surface area contributed by atoms with E-state index in [0.29, 0.717) is 50.0 Å². The van der Waals surface area contributed by atoms with E-state index in [1.807, 2.05) is 12.1 Å². The van der Waals surface area contributed by atoms with Gasteiger partial charge in [0, 0.05) is 38.5 Å². The van der Waals surface area contributed by atoms with Gasteiger partial charge in [-0.05, 0) is 12.1 Å². The van der Waals surface area contributed by atoms with Crippen LogP contribution in [0.1, 0.15) is 6.42 Å². The fourth-order valence-electron chi connectivity index (χ4n) is 2.41. The zero-order valence-corrected chi connectivity index (χ0v) is 13.9. The molecule has 1 aromatic rings. The summed E-state index contributed by atoms with van der Waals surface area (Å²) in [5.41, 5.74) is 0. The number of halogens is 1. The predicted octanol–water partition coefficient (Wildman–Crippen LogP) is 1.37. The van der Waals surface area contributed by atoms with Crippen molar-refractivity contribution in [3.8, 4) is 11.5 Å². The van der Waals surface area contributed by atoms with Crippen molar-refractivity contribution >= 4 is 23.4 Å². The quantitative estimate of drug-likeness (QED) is 0.734. The van der Waals surface area contributed by atoms with Gasteiger partial charge in [0.1, 0.15) is 0 Å². The Morgan fingerprint density at radius 3 is 2.17 bits per heavy atom.